The number of carbonyl (C=O) groups excluding carboxylic acids is 8. The average Bonchev–Trinajstić information content (AvgIpc) is 0.762. The molecule has 0 saturated carbocycles. The van der Waals surface area contributed by atoms with Gasteiger partial charge in [0, 0.05) is 86.2 Å². The van der Waals surface area contributed by atoms with Gasteiger partial charge in [0.15, 0.2) is 30.3 Å². The molecule has 4 fully saturated rings. The van der Waals surface area contributed by atoms with Gasteiger partial charge in [0.25, 0.3) is 0 Å². The third-order valence-electron chi connectivity index (χ3n) is 23.3. The number of piperazine rings is 1. The number of aliphatic hydroxyl groups excluding tert-OH is 9. The number of ether oxygens (including phenoxy) is 9. The number of aromatic hydroxyl groups is 3. The minimum atomic E-state index is -4.91. The molecule has 15 rings (SSSR count). The Kier molecular flexibility index (Phi) is 31.4. The number of amides is 9. The lowest BCUT2D eigenvalue weighted by Crippen LogP contribution is -2.65. The highest BCUT2D eigenvalue weighted by atomic mass is 35.5. The Morgan fingerprint density at radius 1 is 0.669 bits per heavy atom. The van der Waals surface area contributed by atoms with Gasteiger partial charge in [-0.2, -0.15) is 0 Å². The van der Waals surface area contributed by atoms with Crippen LogP contribution in [0.3, 0.4) is 0 Å². The van der Waals surface area contributed by atoms with Crippen molar-refractivity contribution >= 4 is 76.3 Å². The zero-order chi connectivity index (χ0) is 96.3. The van der Waals surface area contributed by atoms with Crippen molar-refractivity contribution in [3.05, 3.63) is 141 Å². The molecule has 9 aliphatic heterocycles. The third-order valence-corrected chi connectivity index (χ3v) is 23.9. The van der Waals surface area contributed by atoms with Crippen molar-refractivity contribution in [1.29, 1.82) is 0 Å². The number of nitrogens with one attached hydrogen (secondary N) is 10. The highest BCUT2D eigenvalue weighted by Crippen LogP contribution is 2.50. The number of alkyl halides is 3. The number of anilines is 1. The number of fused-ring (bicyclic) bond motifs is 15. The van der Waals surface area contributed by atoms with Crippen LogP contribution in [0.1, 0.15) is 105 Å². The molecule has 9 heterocycles. The van der Waals surface area contributed by atoms with E-state index in [4.69, 9.17) is 72.6 Å². The number of carbonyl (C=O) groups is 8. The second-order valence-corrected chi connectivity index (χ2v) is 34.5. The predicted octanol–water partition coefficient (Wildman–Crippen LogP) is -0.354. The molecule has 0 radical (unpaired) electrons. The number of hydrazine groups is 1. The van der Waals surface area contributed by atoms with Crippen molar-refractivity contribution in [3.8, 4) is 62.9 Å². The van der Waals surface area contributed by atoms with Crippen LogP contribution in [0.5, 0.6) is 51.7 Å². The van der Waals surface area contributed by atoms with Gasteiger partial charge in [0.2, 0.25) is 53.4 Å². The lowest BCUT2D eigenvalue weighted by Gasteiger charge is -2.46. The number of primary amides is 1. The summed E-state index contributed by atoms with van der Waals surface area (Å²) in [7, 11) is 1.46. The van der Waals surface area contributed by atoms with Crippen LogP contribution in [0.2, 0.25) is 10.0 Å². The molecule has 48 heteroatoms. The van der Waals surface area contributed by atoms with Crippen LogP contribution in [0.4, 0.5) is 23.7 Å². The van der Waals surface area contributed by atoms with E-state index in [1.807, 2.05) is 4.90 Å². The van der Waals surface area contributed by atoms with Crippen LogP contribution in [0.25, 0.3) is 11.1 Å². The SMILES string of the molecule is CN[C@H](CC(C)C)C(=O)NC1C(=O)N[C@@H](CC(N)=O)C(=O)N[C@H]2C(=O)N[C@@H]3C(=O)N[C@H](C(=O)N[C@@H](O)c4cc(O)cc(O)c4-c4cc3ccc4O)[C@H](O[C@H]3C[C@](C)(N)[C@@H](O)[C@H](C)O3)c3ccc(c(Cl)c3)Oc3cc2cc(c3O[C@@H]2O[C@H](CO)[C@@H](O[C@@H]3O[C@H](CNCCN4CCN(NC(=O)Nc5ccc(OC(F)(F)F)cc5)CC4)[C@H](O)[C@H](O)[C@H]3O)[C@H](O)[C@H]2O)Oc2ccc(cc2Cl)[C@H]1O. The predicted molar refractivity (Wildman–Crippen MR) is 456 cm³/mol. The maximum Gasteiger partial charge on any atom is 0.573 e. The van der Waals surface area contributed by atoms with Crippen molar-refractivity contribution in [2.24, 2.45) is 17.4 Å². The number of urea groups is 1. The highest BCUT2D eigenvalue weighted by molar-refractivity contribution is 6.32. The number of phenols is 3. The normalized spacial score (nSPS) is 29.8. The summed E-state index contributed by atoms with van der Waals surface area (Å²) in [6.07, 6.45) is -36.5. The molecule has 722 valence electrons. The first-order chi connectivity index (χ1) is 62.9. The molecule has 0 aliphatic carbocycles. The number of likely N-dealkylation sites (N-methyl/N-ethyl adjacent to an activating group) is 1. The summed E-state index contributed by atoms with van der Waals surface area (Å²) in [5.74, 6) is -14.9. The number of nitrogens with two attached hydrogens (primary N) is 2. The number of halogens is 5. The summed E-state index contributed by atoms with van der Waals surface area (Å²) < 4.78 is 93.1. The van der Waals surface area contributed by atoms with E-state index in [9.17, 15) is 88.8 Å². The standard InChI is InChI=1S/C85H103Cl2F3N14O29/c1-34(2)22-47(93-5)75(118)99-62-64(110)37-7-14-51(45(86)24-37)126-53-26-39-27-54(71(53)131-82-69(115)67(113)72(56(33-105)129-82)132-81-68(114)66(112)65(111)55(128-81)32-94-16-17-103-18-20-104(21-19-103)102-83(124)95-40-9-11-42(12-10-40)133-85(88,89)90)127-52-15-8-38(25-46(52)87)70(130-58-31-84(4,92)73(116)35(3)125-58)63-80(123)101-74(117)44-28-41(106)29-50(108)59(44)43-23-36(6-13-49(43)107)60(77(120)100-63)98-78(121)61(39)97-76(119)48(30-57(91)109)96-79(62)122/h6-15,23-29,34-35,47-48,55-56,58,60-70,72-74,81-82,93-94,105-108,110-117H,16-22,30-33,92H2,1-5H3,(H2,91,109)(H,96,122)(H,97,119)(H,98,121)(H,99,118)(H,100,120)(H,101,123)(H2,95,102,124)/t35-,47+,48-,55+,56+,58-,60-,61+,62?,63-,64+,65-,66-,67+,68+,69+,70+,72+,73-,74-,81-,82-,84-/m0/s1. The Labute approximate surface area is 765 Å². The molecule has 11 bridgehead atoms. The van der Waals surface area contributed by atoms with Gasteiger partial charge in [-0.1, -0.05) is 55.2 Å². The van der Waals surface area contributed by atoms with E-state index in [-0.39, 0.29) is 54.2 Å². The van der Waals surface area contributed by atoms with Crippen molar-refractivity contribution < 1.29 is 155 Å². The van der Waals surface area contributed by atoms with E-state index < -0.39 is 291 Å². The number of phenolic OH excluding ortho intramolecular Hbond substituents is 3. The van der Waals surface area contributed by atoms with E-state index in [0.29, 0.717) is 32.7 Å². The van der Waals surface area contributed by atoms with E-state index in [0.717, 1.165) is 72.8 Å². The Morgan fingerprint density at radius 2 is 1.29 bits per heavy atom. The molecular weight excluding hydrogens is 1810 g/mol. The van der Waals surface area contributed by atoms with Crippen molar-refractivity contribution in [2.45, 2.75) is 193 Å². The van der Waals surface area contributed by atoms with Crippen molar-refractivity contribution in [1.82, 2.24) is 57.9 Å². The first-order valence-electron chi connectivity index (χ1n) is 42.1. The number of benzene rings is 6. The zero-order valence-electron chi connectivity index (χ0n) is 71.6. The van der Waals surface area contributed by atoms with Crippen LogP contribution >= 0.6 is 23.2 Å². The van der Waals surface area contributed by atoms with Gasteiger partial charge < -0.3 is 163 Å². The molecular formula is C85H103Cl2F3N14O29. The first-order valence-corrected chi connectivity index (χ1v) is 42.9. The van der Waals surface area contributed by atoms with Crippen LogP contribution in [0, 0.1) is 5.92 Å². The van der Waals surface area contributed by atoms with Crippen LogP contribution in [-0.4, -0.2) is 294 Å². The fourth-order valence-corrected chi connectivity index (χ4v) is 16.8. The minimum Gasteiger partial charge on any atom is -0.508 e. The van der Waals surface area contributed by atoms with Gasteiger partial charge in [0.05, 0.1) is 41.3 Å². The molecule has 6 aromatic rings. The van der Waals surface area contributed by atoms with Crippen molar-refractivity contribution in [3.63, 3.8) is 0 Å². The Morgan fingerprint density at radius 3 is 1.92 bits per heavy atom. The van der Waals surface area contributed by atoms with Gasteiger partial charge in [-0.15, -0.1) is 13.2 Å². The smallest absolute Gasteiger partial charge is 0.508 e. The molecule has 23 atom stereocenters. The van der Waals surface area contributed by atoms with Gasteiger partial charge in [-0.25, -0.2) is 9.80 Å². The molecule has 9 amide bonds. The van der Waals surface area contributed by atoms with Gasteiger partial charge in [0.1, 0.15) is 126 Å². The van der Waals surface area contributed by atoms with Crippen LogP contribution in [-0.2, 0) is 57.2 Å². The van der Waals surface area contributed by atoms with Crippen molar-refractivity contribution in [2.75, 3.05) is 64.8 Å². The van der Waals surface area contributed by atoms with E-state index in [1.54, 1.807) is 18.9 Å². The summed E-state index contributed by atoms with van der Waals surface area (Å²) in [6, 6.07) is 5.59. The summed E-state index contributed by atoms with van der Waals surface area (Å²) in [4.78, 5) is 121. The number of hydrogen-bond donors (Lipinski definition) is 24. The molecule has 4 saturated heterocycles. The maximum atomic E-state index is 16.4. The highest BCUT2D eigenvalue weighted by Gasteiger charge is 2.53. The Hall–Kier alpha value is -10.9. The number of nitrogens with zero attached hydrogens (tertiary/aromatic N) is 2. The molecule has 9 aliphatic rings. The average molecular weight is 1910 g/mol. The zero-order valence-corrected chi connectivity index (χ0v) is 73.1. The fraction of sp³-hybridized carbons (Fsp3) is 0.482. The molecule has 0 aromatic heterocycles. The minimum absolute atomic E-state index is 0.135. The van der Waals surface area contributed by atoms with Gasteiger partial charge >= 0.3 is 12.4 Å². The monoisotopic (exact) mass is 1910 g/mol. The topological polar surface area (TPSA) is 641 Å². The molecule has 0 spiro atoms. The fourth-order valence-electron chi connectivity index (χ4n) is 16.4. The summed E-state index contributed by atoms with van der Waals surface area (Å²) in [5.41, 5.74) is 11.3. The maximum absolute atomic E-state index is 16.4. The first kappa shape index (κ1) is 99.6. The molecule has 26 N–H and O–H groups in total. The molecule has 133 heavy (non-hydrogen) atoms. The second kappa shape index (κ2) is 41.9. The molecule has 1 unspecified atom stereocenters. The third kappa shape index (κ3) is 23.4. The quantitative estimate of drug-likeness (QED) is 0.0386. The van der Waals surface area contributed by atoms with E-state index >= 15 is 24.0 Å². The van der Waals surface area contributed by atoms with E-state index in [2.05, 4.69) is 58.0 Å². The number of aliphatic hydroxyl groups is 9. The van der Waals surface area contributed by atoms with Crippen LogP contribution < -0.4 is 83.7 Å². The Bertz CT molecular complexity index is 5270. The largest absolute Gasteiger partial charge is 0.573 e. The van der Waals surface area contributed by atoms with Gasteiger partial charge in [-0.05, 0) is 134 Å². The number of rotatable bonds is 22. The second-order valence-electron chi connectivity index (χ2n) is 33.6. The Balaban J connectivity index is 0.875. The summed E-state index contributed by atoms with van der Waals surface area (Å²) in [6.45, 7) is 7.37. The number of hydrogen-bond acceptors (Lipinski definition) is 34. The van der Waals surface area contributed by atoms with Gasteiger partial charge in [-0.3, -0.25) is 43.9 Å². The molecule has 43 nitrogen and oxygen atoms in total. The van der Waals surface area contributed by atoms with E-state index in [1.165, 1.54) is 51.2 Å². The summed E-state index contributed by atoms with van der Waals surface area (Å²) >= 11 is 14.5. The van der Waals surface area contributed by atoms with Crippen LogP contribution in [0.15, 0.2) is 103 Å². The molecule has 6 aromatic carbocycles. The summed E-state index contributed by atoms with van der Waals surface area (Å²) in [5, 5.41) is 165. The lowest BCUT2D eigenvalue weighted by molar-refractivity contribution is -0.350. The lowest BCUT2D eigenvalue weighted by atomic mass is 9.86.